The van der Waals surface area contributed by atoms with Crippen molar-refractivity contribution in [2.45, 2.75) is 25.7 Å². The summed E-state index contributed by atoms with van der Waals surface area (Å²) in [5, 5.41) is 5.84. The second kappa shape index (κ2) is 10.9. The third-order valence-corrected chi connectivity index (χ3v) is 7.06. The number of nitrogens with zero attached hydrogens (tertiary/aromatic N) is 4. The molecule has 1 aromatic carbocycles. The number of piperidine rings is 1. The van der Waals surface area contributed by atoms with E-state index < -0.39 is 0 Å². The van der Waals surface area contributed by atoms with E-state index in [-0.39, 0.29) is 5.78 Å². The summed E-state index contributed by atoms with van der Waals surface area (Å²) in [5.41, 5.74) is 8.80. The van der Waals surface area contributed by atoms with Gasteiger partial charge in [0.1, 0.15) is 11.6 Å². The Bertz CT molecular complexity index is 1360. The zero-order valence-electron chi connectivity index (χ0n) is 20.0. The number of pyridine rings is 3. The molecule has 0 bridgehead atoms. The largest absolute Gasteiger partial charge is 0.383 e. The lowest BCUT2D eigenvalue weighted by Gasteiger charge is -2.33. The van der Waals surface area contributed by atoms with Crippen molar-refractivity contribution < 1.29 is 4.79 Å². The summed E-state index contributed by atoms with van der Waals surface area (Å²) >= 11 is 6.21. The van der Waals surface area contributed by atoms with Gasteiger partial charge < -0.3 is 16.0 Å². The summed E-state index contributed by atoms with van der Waals surface area (Å²) in [4.78, 5) is 28.3. The minimum Gasteiger partial charge on any atom is -0.383 e. The fourth-order valence-electron chi connectivity index (χ4n) is 4.78. The van der Waals surface area contributed by atoms with Gasteiger partial charge in [-0.1, -0.05) is 29.8 Å². The predicted octanol–water partition coefficient (Wildman–Crippen LogP) is 5.40. The number of nitrogen functional groups attached to an aromatic ring is 1. The van der Waals surface area contributed by atoms with Crippen molar-refractivity contribution in [1.29, 1.82) is 0 Å². The molecule has 3 N–H and O–H groups in total. The lowest BCUT2D eigenvalue weighted by atomic mass is 9.96. The van der Waals surface area contributed by atoms with Gasteiger partial charge >= 0.3 is 0 Å². The van der Waals surface area contributed by atoms with Crippen molar-refractivity contribution in [3.63, 3.8) is 0 Å². The molecule has 0 radical (unpaired) electrons. The van der Waals surface area contributed by atoms with Crippen molar-refractivity contribution in [3.05, 3.63) is 83.4 Å². The number of fused-ring (bicyclic) bond motifs is 1. The lowest BCUT2D eigenvalue weighted by molar-refractivity contribution is 0.0983. The van der Waals surface area contributed by atoms with E-state index in [4.69, 9.17) is 17.3 Å². The molecule has 0 spiro atoms. The molecular formula is C28H29ClN6O. The van der Waals surface area contributed by atoms with Crippen LogP contribution in [0, 0.1) is 5.92 Å². The summed E-state index contributed by atoms with van der Waals surface area (Å²) < 4.78 is 0. The van der Waals surface area contributed by atoms with E-state index in [1.54, 1.807) is 18.5 Å². The molecular weight excluding hydrogens is 472 g/mol. The number of aryl methyl sites for hydroxylation is 1. The first-order valence-corrected chi connectivity index (χ1v) is 12.7. The van der Waals surface area contributed by atoms with Crippen LogP contribution in [0.5, 0.6) is 0 Å². The third kappa shape index (κ3) is 5.57. The number of aromatic nitrogens is 3. The minimum absolute atomic E-state index is 0.0225. The first kappa shape index (κ1) is 24.0. The third-order valence-electron chi connectivity index (χ3n) is 6.86. The van der Waals surface area contributed by atoms with Gasteiger partial charge in [0, 0.05) is 61.9 Å². The fourth-order valence-corrected chi connectivity index (χ4v) is 4.94. The number of Topliss-reactive ketones (excluding diaryl/α,β-unsaturated/α-hetero) is 1. The molecule has 8 heteroatoms. The number of hydrogen-bond acceptors (Lipinski definition) is 7. The maximum Gasteiger partial charge on any atom is 0.166 e. The molecule has 4 heterocycles. The lowest BCUT2D eigenvalue weighted by Crippen LogP contribution is -2.36. The molecule has 184 valence electrons. The van der Waals surface area contributed by atoms with Gasteiger partial charge in [0.05, 0.1) is 10.6 Å². The second-order valence-corrected chi connectivity index (χ2v) is 9.68. The number of nitrogens with two attached hydrogens (primary N) is 1. The van der Waals surface area contributed by atoms with Crippen LogP contribution < -0.4 is 16.0 Å². The Morgan fingerprint density at radius 2 is 1.86 bits per heavy atom. The zero-order valence-corrected chi connectivity index (χ0v) is 20.8. The minimum atomic E-state index is 0.0225. The summed E-state index contributed by atoms with van der Waals surface area (Å²) in [6, 6.07) is 13.8. The molecule has 3 aromatic heterocycles. The number of carbonyl (C=O) groups excluding carboxylic acids is 1. The highest BCUT2D eigenvalue weighted by Gasteiger charge is 2.21. The highest BCUT2D eigenvalue weighted by molar-refractivity contribution is 6.31. The first-order chi connectivity index (χ1) is 17.6. The van der Waals surface area contributed by atoms with Crippen LogP contribution in [0.1, 0.15) is 35.2 Å². The van der Waals surface area contributed by atoms with Crippen molar-refractivity contribution in [1.82, 2.24) is 15.0 Å². The standard InChI is InChI=1S/C28H29ClN6O/c29-22-16-25(26(36)4-2-19-1-3-24-21(15-19)5-12-32-27(24)30)28(34-18-22)33-17-20-8-13-35(14-9-20)23-6-10-31-11-7-23/h1,3,5-7,10-12,15-16,18,20H,2,4,8-9,13-14,17H2,(H2,30,32)(H,33,34). The van der Waals surface area contributed by atoms with E-state index in [9.17, 15) is 4.79 Å². The van der Waals surface area contributed by atoms with E-state index in [0.29, 0.717) is 41.0 Å². The van der Waals surface area contributed by atoms with Crippen LogP contribution in [0.3, 0.4) is 0 Å². The number of nitrogens with one attached hydrogen (secondary N) is 1. The van der Waals surface area contributed by atoms with Crippen LogP contribution in [0.2, 0.25) is 5.02 Å². The van der Waals surface area contributed by atoms with Crippen LogP contribution in [-0.2, 0) is 6.42 Å². The predicted molar refractivity (Wildman–Crippen MR) is 146 cm³/mol. The maximum atomic E-state index is 13.2. The summed E-state index contributed by atoms with van der Waals surface area (Å²) in [6.45, 7) is 2.78. The molecule has 7 nitrogen and oxygen atoms in total. The van der Waals surface area contributed by atoms with Crippen LogP contribution in [0.15, 0.2) is 67.3 Å². The molecule has 0 amide bonds. The highest BCUT2D eigenvalue weighted by Crippen LogP contribution is 2.26. The topological polar surface area (TPSA) is 97.0 Å². The average molecular weight is 501 g/mol. The molecule has 1 saturated heterocycles. The molecule has 0 aliphatic carbocycles. The smallest absolute Gasteiger partial charge is 0.166 e. The number of carbonyl (C=O) groups is 1. The van der Waals surface area contributed by atoms with E-state index in [1.165, 1.54) is 5.69 Å². The Balaban J connectivity index is 1.19. The van der Waals surface area contributed by atoms with Gasteiger partial charge in [-0.2, -0.15) is 0 Å². The molecule has 1 aliphatic rings. The Hall–Kier alpha value is -3.71. The van der Waals surface area contributed by atoms with Gasteiger partial charge in [0.15, 0.2) is 5.78 Å². The monoisotopic (exact) mass is 500 g/mol. The molecule has 1 aliphatic heterocycles. The van der Waals surface area contributed by atoms with Gasteiger partial charge in [-0.15, -0.1) is 0 Å². The first-order valence-electron chi connectivity index (χ1n) is 12.3. The van der Waals surface area contributed by atoms with Crippen molar-refractivity contribution in [2.24, 2.45) is 5.92 Å². The zero-order chi connectivity index (χ0) is 24.9. The summed E-state index contributed by atoms with van der Waals surface area (Å²) in [6.07, 6.45) is 10.1. The maximum absolute atomic E-state index is 13.2. The molecule has 36 heavy (non-hydrogen) atoms. The van der Waals surface area contributed by atoms with Crippen molar-refractivity contribution in [2.75, 3.05) is 35.6 Å². The number of hydrogen-bond donors (Lipinski definition) is 2. The molecule has 5 rings (SSSR count). The van der Waals surface area contributed by atoms with Gasteiger partial charge in [-0.05, 0) is 60.4 Å². The second-order valence-electron chi connectivity index (χ2n) is 9.24. The van der Waals surface area contributed by atoms with Crippen LogP contribution >= 0.6 is 11.6 Å². The van der Waals surface area contributed by atoms with E-state index in [0.717, 1.165) is 48.8 Å². The van der Waals surface area contributed by atoms with Gasteiger partial charge in [0.25, 0.3) is 0 Å². The summed E-state index contributed by atoms with van der Waals surface area (Å²) in [7, 11) is 0. The number of anilines is 3. The van der Waals surface area contributed by atoms with Crippen molar-refractivity contribution >= 4 is 45.5 Å². The van der Waals surface area contributed by atoms with E-state index in [2.05, 4.69) is 43.4 Å². The molecule has 4 aromatic rings. The van der Waals surface area contributed by atoms with Gasteiger partial charge in [-0.3, -0.25) is 9.78 Å². The van der Waals surface area contributed by atoms with Crippen LogP contribution in [0.25, 0.3) is 10.8 Å². The van der Waals surface area contributed by atoms with Crippen LogP contribution in [0.4, 0.5) is 17.3 Å². The van der Waals surface area contributed by atoms with E-state index >= 15 is 0 Å². The number of rotatable bonds is 8. The molecule has 0 atom stereocenters. The van der Waals surface area contributed by atoms with Gasteiger partial charge in [0.2, 0.25) is 0 Å². The average Bonchev–Trinajstić information content (AvgIpc) is 2.92. The SMILES string of the molecule is Nc1nccc2cc(CCC(=O)c3cc(Cl)cnc3NCC3CCN(c4ccncc4)CC3)ccc12. The Labute approximate surface area is 215 Å². The normalized spacial score (nSPS) is 14.2. The summed E-state index contributed by atoms with van der Waals surface area (Å²) in [5.74, 6) is 1.66. The molecule has 0 saturated carbocycles. The van der Waals surface area contributed by atoms with Crippen LogP contribution in [-0.4, -0.2) is 40.4 Å². The number of halogens is 1. The highest BCUT2D eigenvalue weighted by atomic mass is 35.5. The Morgan fingerprint density at radius 1 is 1.06 bits per heavy atom. The van der Waals surface area contributed by atoms with E-state index in [1.807, 2.05) is 30.6 Å². The Morgan fingerprint density at radius 3 is 2.67 bits per heavy atom. The molecule has 1 fully saturated rings. The quantitative estimate of drug-likeness (QED) is 0.312. The number of benzene rings is 1. The fraction of sp³-hybridized carbons (Fsp3) is 0.286. The van der Waals surface area contributed by atoms with Crippen molar-refractivity contribution in [3.8, 4) is 0 Å². The molecule has 0 unspecified atom stereocenters. The number of ketones is 1. The Kier molecular flexibility index (Phi) is 7.28. The van der Waals surface area contributed by atoms with Gasteiger partial charge in [-0.25, -0.2) is 9.97 Å².